The van der Waals surface area contributed by atoms with Crippen LogP contribution in [0.3, 0.4) is 0 Å². The molecule has 6 heteroatoms. The average Bonchev–Trinajstić information content (AvgIpc) is 3.82. The average molecular weight is 1100 g/mol. The van der Waals surface area contributed by atoms with Crippen molar-refractivity contribution in [1.29, 1.82) is 0 Å². The van der Waals surface area contributed by atoms with E-state index in [0.717, 1.165) is 61.9 Å². The molecule has 3 aromatic heterocycles. The summed E-state index contributed by atoms with van der Waals surface area (Å²) in [6.07, 6.45) is 6.69. The van der Waals surface area contributed by atoms with Gasteiger partial charge in [0.2, 0.25) is 0 Å². The molecular weight excluding hydrogens is 1040 g/mol. The van der Waals surface area contributed by atoms with Crippen LogP contribution in [-0.4, -0.2) is 18.7 Å². The van der Waals surface area contributed by atoms with E-state index in [1.54, 1.807) is 0 Å². The Hall–Kier alpha value is -6.55. The third-order valence-corrected chi connectivity index (χ3v) is 15.4. The molecule has 10 aromatic rings. The van der Waals surface area contributed by atoms with Gasteiger partial charge < -0.3 is 0 Å². The fraction of sp³-hybridized carbons (Fsp3) is 0.250. The molecule has 0 atom stereocenters. The molecule has 11 rings (SSSR count). The standard InChI is InChI=1S/C64H62N4O.Pt/c1-62(2,3)46-31-32-65-60(38-46)68-58-36-44-22-14-13-21-43(44)35-55(58)54-30-29-51(40-59(54)68)69-50-24-17-23-49(39-50)66-41-67(57-28-16-15-27-56(57)66)61-52(42-19-11-10-12-20-42)25-18-26-53(61)45-33-47(63(4,5)6)37-48(34-45)64(7,8)9;/h10-12,15-20,23-40H,13-14,21-22H2,1-9H3;. The second-order valence-electron chi connectivity index (χ2n) is 22.4. The Labute approximate surface area is 423 Å². The molecule has 0 saturated heterocycles. The van der Waals surface area contributed by atoms with Gasteiger partial charge in [-0.25, -0.2) is 0 Å². The SMILES string of the molecule is CC(C)(C)c1cc(-c2cccc(-c3ccccc3)c2-n2[c](=[Pt])n(-c3cccc(Oc4ccc5c6cc7c(cc6n(-c6cc(C(C)(C)C)ccn6)c5c4)CCCC7)c3)c3ccccc32)cc(C(C)(C)C)c1. The number of aryl methyl sites for hydroxylation is 2. The molecule has 0 bridgehead atoms. The fourth-order valence-electron chi connectivity index (χ4n) is 10.5. The zero-order valence-corrected chi connectivity index (χ0v) is 44.2. The van der Waals surface area contributed by atoms with Crippen molar-refractivity contribution in [3.8, 4) is 50.9 Å². The topological polar surface area (TPSA) is 36.9 Å². The van der Waals surface area contributed by atoms with Crippen LogP contribution in [0.25, 0.3) is 72.3 Å². The van der Waals surface area contributed by atoms with Gasteiger partial charge in [-0.3, -0.25) is 0 Å². The zero-order chi connectivity index (χ0) is 48.7. The van der Waals surface area contributed by atoms with E-state index in [0.29, 0.717) is 0 Å². The quantitative estimate of drug-likeness (QED) is 0.159. The van der Waals surface area contributed by atoms with E-state index in [1.807, 2.05) is 6.20 Å². The number of fused-ring (bicyclic) bond motifs is 5. The summed E-state index contributed by atoms with van der Waals surface area (Å²) >= 11 is 2.55. The van der Waals surface area contributed by atoms with Crippen molar-refractivity contribution in [3.63, 3.8) is 0 Å². The first-order valence-corrected chi connectivity index (χ1v) is 26.0. The molecule has 1 aliphatic rings. The van der Waals surface area contributed by atoms with Crippen LogP contribution in [0.15, 0.2) is 164 Å². The van der Waals surface area contributed by atoms with E-state index in [4.69, 9.17) is 9.72 Å². The molecule has 5 nitrogen and oxygen atoms in total. The Morgan fingerprint density at radius 3 is 1.74 bits per heavy atom. The van der Waals surface area contributed by atoms with E-state index >= 15 is 0 Å². The van der Waals surface area contributed by atoms with E-state index in [2.05, 4.69) is 253 Å². The first-order valence-electron chi connectivity index (χ1n) is 24.9. The Bertz CT molecular complexity index is 3680. The molecule has 0 amide bonds. The summed E-state index contributed by atoms with van der Waals surface area (Å²) in [4.78, 5) is 5.01. The molecule has 0 fully saturated rings. The maximum absolute atomic E-state index is 6.93. The number of imidazole rings is 1. The first kappa shape index (κ1) is 45.9. The van der Waals surface area contributed by atoms with Crippen LogP contribution in [0.1, 0.15) is 103 Å². The minimum absolute atomic E-state index is 0.0150. The second-order valence-corrected chi connectivity index (χ2v) is 23.4. The molecule has 0 aliphatic heterocycles. The van der Waals surface area contributed by atoms with Crippen LogP contribution in [0.4, 0.5) is 0 Å². The number of benzene rings is 7. The number of hydrogen-bond acceptors (Lipinski definition) is 2. The van der Waals surface area contributed by atoms with Crippen LogP contribution in [-0.2, 0) is 48.4 Å². The van der Waals surface area contributed by atoms with Crippen molar-refractivity contribution in [3.05, 3.63) is 196 Å². The van der Waals surface area contributed by atoms with Gasteiger partial charge in [0.15, 0.2) is 0 Å². The molecule has 0 unspecified atom stereocenters. The molecule has 354 valence electrons. The summed E-state index contributed by atoms with van der Waals surface area (Å²) < 4.78 is 15.2. The van der Waals surface area contributed by atoms with E-state index in [1.165, 1.54) is 79.2 Å². The van der Waals surface area contributed by atoms with Gasteiger partial charge in [0, 0.05) is 6.20 Å². The number of ether oxygens (including phenoxy) is 1. The molecule has 3 heterocycles. The van der Waals surface area contributed by atoms with Crippen LogP contribution in [0.2, 0.25) is 0 Å². The number of pyridine rings is 1. The summed E-state index contributed by atoms with van der Waals surface area (Å²) in [5, 5.41) is 2.48. The van der Waals surface area contributed by atoms with Gasteiger partial charge in [0.25, 0.3) is 0 Å². The van der Waals surface area contributed by atoms with E-state index in [9.17, 15) is 0 Å². The summed E-state index contributed by atoms with van der Waals surface area (Å²) in [6.45, 7) is 20.7. The van der Waals surface area contributed by atoms with Crippen LogP contribution in [0.5, 0.6) is 11.5 Å². The van der Waals surface area contributed by atoms with Crippen LogP contribution in [0, 0.1) is 3.80 Å². The van der Waals surface area contributed by atoms with Gasteiger partial charge in [-0.05, 0) is 53.9 Å². The summed E-state index contributed by atoms with van der Waals surface area (Å²) in [5.41, 5.74) is 18.2. The van der Waals surface area contributed by atoms with Crippen molar-refractivity contribution in [1.82, 2.24) is 18.7 Å². The molecule has 0 N–H and O–H groups in total. The molecule has 0 saturated carbocycles. The van der Waals surface area contributed by atoms with Crippen molar-refractivity contribution < 1.29 is 24.1 Å². The normalized spacial score (nSPS) is 13.4. The number of nitrogens with zero attached hydrogens (tertiary/aromatic N) is 4. The van der Waals surface area contributed by atoms with Crippen molar-refractivity contribution >= 4 is 32.8 Å². The van der Waals surface area contributed by atoms with Gasteiger partial charge in [0.1, 0.15) is 0 Å². The van der Waals surface area contributed by atoms with Crippen molar-refractivity contribution in [2.24, 2.45) is 0 Å². The summed E-state index contributed by atoms with van der Waals surface area (Å²) in [6, 6.07) is 58.1. The zero-order valence-electron chi connectivity index (χ0n) is 41.9. The Kier molecular flexibility index (Phi) is 11.4. The van der Waals surface area contributed by atoms with Gasteiger partial charge in [0.05, 0.1) is 0 Å². The molecule has 0 radical (unpaired) electrons. The fourth-order valence-corrected chi connectivity index (χ4v) is 11.5. The predicted octanol–water partition coefficient (Wildman–Crippen LogP) is 16.9. The summed E-state index contributed by atoms with van der Waals surface area (Å²) in [5.74, 6) is 2.47. The third kappa shape index (κ3) is 8.30. The van der Waals surface area contributed by atoms with E-state index < -0.39 is 0 Å². The third-order valence-electron chi connectivity index (χ3n) is 14.4. The Morgan fingerprint density at radius 2 is 1.06 bits per heavy atom. The monoisotopic (exact) mass is 1100 g/mol. The first-order chi connectivity index (χ1) is 33.5. The number of aromatic nitrogens is 4. The van der Waals surface area contributed by atoms with Gasteiger partial charge in [-0.15, -0.1) is 0 Å². The number of hydrogen-bond donors (Lipinski definition) is 0. The second kappa shape index (κ2) is 17.4. The van der Waals surface area contributed by atoms with Gasteiger partial charge in [-0.2, -0.15) is 0 Å². The molecule has 0 spiro atoms. The molecular formula is C64H62N4OPt. The predicted molar refractivity (Wildman–Crippen MR) is 288 cm³/mol. The van der Waals surface area contributed by atoms with Crippen LogP contribution < -0.4 is 4.74 Å². The molecule has 1 aliphatic carbocycles. The minimum atomic E-state index is -0.0308. The van der Waals surface area contributed by atoms with E-state index in [-0.39, 0.29) is 16.2 Å². The van der Waals surface area contributed by atoms with Crippen molar-refractivity contribution in [2.75, 3.05) is 0 Å². The molecule has 7 aromatic carbocycles. The number of para-hydroxylation sites is 3. The molecule has 70 heavy (non-hydrogen) atoms. The summed E-state index contributed by atoms with van der Waals surface area (Å²) in [7, 11) is 0. The Morgan fingerprint density at radius 1 is 0.457 bits per heavy atom. The van der Waals surface area contributed by atoms with Crippen LogP contribution >= 0.6 is 0 Å². The number of rotatable bonds is 7. The van der Waals surface area contributed by atoms with Gasteiger partial charge >= 0.3 is 346 Å². The Balaban J connectivity index is 1.06. The maximum atomic E-state index is 6.93. The van der Waals surface area contributed by atoms with Gasteiger partial charge in [-0.1, -0.05) is 20.8 Å². The van der Waals surface area contributed by atoms with Crippen molar-refractivity contribution in [2.45, 2.75) is 104 Å².